The third kappa shape index (κ3) is 2.43. The molecule has 1 aliphatic carbocycles. The van der Waals surface area contributed by atoms with Gasteiger partial charge in [0.2, 0.25) is 5.75 Å². The van der Waals surface area contributed by atoms with Gasteiger partial charge in [-0.1, -0.05) is 26.0 Å². The molecule has 0 amide bonds. The van der Waals surface area contributed by atoms with E-state index in [0.717, 1.165) is 22.8 Å². The van der Waals surface area contributed by atoms with Gasteiger partial charge in [0.15, 0.2) is 11.5 Å². The quantitative estimate of drug-likeness (QED) is 0.847. The average molecular weight is 304 g/mol. The smallest absolute Gasteiger partial charge is 0.328 e. The summed E-state index contributed by atoms with van der Waals surface area (Å²) < 4.78 is 16.3. The second-order valence-corrected chi connectivity index (χ2v) is 5.51. The number of allylic oxidation sites excluding steroid dienone is 2. The van der Waals surface area contributed by atoms with E-state index in [1.165, 1.54) is 0 Å². The van der Waals surface area contributed by atoms with E-state index in [1.807, 2.05) is 26.0 Å². The van der Waals surface area contributed by atoms with Gasteiger partial charge in [0.1, 0.15) is 0 Å². The molecule has 0 spiro atoms. The summed E-state index contributed by atoms with van der Waals surface area (Å²) in [6.07, 6.45) is 4.69. The number of carbonyl (C=O) groups is 1. The van der Waals surface area contributed by atoms with Gasteiger partial charge in [0.25, 0.3) is 0 Å². The lowest BCUT2D eigenvalue weighted by atomic mass is 9.80. The number of ether oxygens (including phenoxy) is 3. The van der Waals surface area contributed by atoms with Crippen molar-refractivity contribution in [2.24, 2.45) is 0 Å². The van der Waals surface area contributed by atoms with Crippen molar-refractivity contribution < 1.29 is 24.1 Å². The third-order valence-corrected chi connectivity index (χ3v) is 3.92. The molecule has 5 heteroatoms. The molecule has 2 rings (SSSR count). The fourth-order valence-corrected chi connectivity index (χ4v) is 2.84. The van der Waals surface area contributed by atoms with Crippen molar-refractivity contribution in [1.82, 2.24) is 0 Å². The number of carboxylic acids is 1. The molecule has 0 heterocycles. The first kappa shape index (κ1) is 15.9. The Labute approximate surface area is 129 Å². The Morgan fingerprint density at radius 2 is 1.77 bits per heavy atom. The zero-order valence-electron chi connectivity index (χ0n) is 13.4. The minimum Gasteiger partial charge on any atom is -0.493 e. The van der Waals surface area contributed by atoms with E-state index < -0.39 is 11.4 Å². The van der Waals surface area contributed by atoms with Crippen molar-refractivity contribution in [2.75, 3.05) is 21.3 Å². The Bertz CT molecular complexity index is 668. The first-order chi connectivity index (χ1) is 10.4. The molecule has 0 fully saturated rings. The predicted molar refractivity (Wildman–Crippen MR) is 83.9 cm³/mol. The molecule has 0 radical (unpaired) electrons. The van der Waals surface area contributed by atoms with Gasteiger partial charge in [0.05, 0.1) is 21.3 Å². The van der Waals surface area contributed by atoms with E-state index in [1.54, 1.807) is 27.4 Å². The van der Waals surface area contributed by atoms with Crippen LogP contribution in [0.3, 0.4) is 0 Å². The summed E-state index contributed by atoms with van der Waals surface area (Å²) >= 11 is 0. The van der Waals surface area contributed by atoms with E-state index in [-0.39, 0.29) is 0 Å². The lowest BCUT2D eigenvalue weighted by Crippen LogP contribution is -2.18. The maximum absolute atomic E-state index is 10.8. The summed E-state index contributed by atoms with van der Waals surface area (Å²) in [6, 6.07) is 1.88. The van der Waals surface area contributed by atoms with Gasteiger partial charge in [-0.2, -0.15) is 0 Å². The van der Waals surface area contributed by atoms with Crippen molar-refractivity contribution in [3.8, 4) is 17.2 Å². The molecule has 118 valence electrons. The highest BCUT2D eigenvalue weighted by Crippen LogP contribution is 2.53. The number of fused-ring (bicyclic) bond motifs is 1. The van der Waals surface area contributed by atoms with Crippen LogP contribution in [-0.4, -0.2) is 32.4 Å². The summed E-state index contributed by atoms with van der Waals surface area (Å²) in [4.78, 5) is 10.8. The first-order valence-corrected chi connectivity index (χ1v) is 6.83. The molecule has 0 saturated carbocycles. The molecule has 0 bridgehead atoms. The standard InChI is InChI=1S/C17H20O5/c1-17(2)11(6-7-13(18)19)8-10-9-12(20-3)15(21-4)16(22-5)14(10)17/h6-9H,1-5H3,(H,18,19)/b7-6+. The van der Waals surface area contributed by atoms with Crippen LogP contribution in [0, 0.1) is 0 Å². The van der Waals surface area contributed by atoms with Crippen LogP contribution in [0.25, 0.3) is 6.08 Å². The molecule has 0 atom stereocenters. The molecular formula is C17H20O5. The van der Waals surface area contributed by atoms with E-state index in [2.05, 4.69) is 0 Å². The van der Waals surface area contributed by atoms with E-state index in [4.69, 9.17) is 19.3 Å². The number of carboxylic acid groups (broad SMARTS) is 1. The molecule has 1 aromatic rings. The number of rotatable bonds is 5. The monoisotopic (exact) mass is 304 g/mol. The molecule has 0 aromatic heterocycles. The fraction of sp³-hybridized carbons (Fsp3) is 0.353. The maximum atomic E-state index is 10.8. The van der Waals surface area contributed by atoms with Crippen LogP contribution in [0.5, 0.6) is 17.2 Å². The minimum absolute atomic E-state index is 0.397. The molecule has 1 N–H and O–H groups in total. The van der Waals surface area contributed by atoms with Gasteiger partial charge in [-0.05, 0) is 17.2 Å². The minimum atomic E-state index is -0.977. The Morgan fingerprint density at radius 3 is 2.27 bits per heavy atom. The molecule has 1 aromatic carbocycles. The summed E-state index contributed by atoms with van der Waals surface area (Å²) in [5.41, 5.74) is 2.38. The van der Waals surface area contributed by atoms with Crippen molar-refractivity contribution in [3.05, 3.63) is 34.9 Å². The predicted octanol–water partition coefficient (Wildman–Crippen LogP) is 3.03. The van der Waals surface area contributed by atoms with Crippen LogP contribution in [0.1, 0.15) is 25.0 Å². The molecule has 0 saturated heterocycles. The van der Waals surface area contributed by atoms with E-state index in [0.29, 0.717) is 17.2 Å². The topological polar surface area (TPSA) is 65.0 Å². The van der Waals surface area contributed by atoms with Gasteiger partial charge in [-0.15, -0.1) is 0 Å². The largest absolute Gasteiger partial charge is 0.493 e. The highest BCUT2D eigenvalue weighted by Gasteiger charge is 2.37. The number of benzene rings is 1. The molecule has 1 aliphatic rings. The van der Waals surface area contributed by atoms with Gasteiger partial charge in [-0.25, -0.2) is 4.79 Å². The molecule has 0 aliphatic heterocycles. The molecular weight excluding hydrogens is 284 g/mol. The second-order valence-electron chi connectivity index (χ2n) is 5.51. The highest BCUT2D eigenvalue weighted by molar-refractivity contribution is 5.83. The molecule has 5 nitrogen and oxygen atoms in total. The van der Waals surface area contributed by atoms with Crippen LogP contribution < -0.4 is 14.2 Å². The number of hydrogen-bond donors (Lipinski definition) is 1. The maximum Gasteiger partial charge on any atom is 0.328 e. The Kier molecular flexibility index (Phi) is 4.17. The van der Waals surface area contributed by atoms with Crippen LogP contribution in [0.15, 0.2) is 23.8 Å². The van der Waals surface area contributed by atoms with Crippen molar-refractivity contribution in [3.63, 3.8) is 0 Å². The summed E-state index contributed by atoms with van der Waals surface area (Å²) in [7, 11) is 4.71. The highest BCUT2D eigenvalue weighted by atomic mass is 16.5. The SMILES string of the molecule is COc1cc2c(c(OC)c1OC)C(C)(C)C(/C=C/C(=O)O)=C2. The van der Waals surface area contributed by atoms with E-state index >= 15 is 0 Å². The van der Waals surface area contributed by atoms with Crippen molar-refractivity contribution in [2.45, 2.75) is 19.3 Å². The van der Waals surface area contributed by atoms with Crippen LogP contribution in [0.4, 0.5) is 0 Å². The van der Waals surface area contributed by atoms with E-state index in [9.17, 15) is 4.79 Å². The normalized spacial score (nSPS) is 15.4. The first-order valence-electron chi connectivity index (χ1n) is 6.83. The Balaban J connectivity index is 2.66. The number of hydrogen-bond acceptors (Lipinski definition) is 4. The molecule has 22 heavy (non-hydrogen) atoms. The number of aliphatic carboxylic acids is 1. The zero-order valence-corrected chi connectivity index (χ0v) is 13.4. The summed E-state index contributed by atoms with van der Waals surface area (Å²) in [6.45, 7) is 4.04. The van der Waals surface area contributed by atoms with Crippen molar-refractivity contribution >= 4 is 12.0 Å². The van der Waals surface area contributed by atoms with Gasteiger partial charge >= 0.3 is 5.97 Å². The van der Waals surface area contributed by atoms with Crippen LogP contribution in [0.2, 0.25) is 0 Å². The Morgan fingerprint density at radius 1 is 1.14 bits per heavy atom. The van der Waals surface area contributed by atoms with Gasteiger partial charge < -0.3 is 19.3 Å². The molecule has 0 unspecified atom stereocenters. The zero-order chi connectivity index (χ0) is 16.5. The van der Waals surface area contributed by atoms with Crippen LogP contribution in [-0.2, 0) is 10.2 Å². The van der Waals surface area contributed by atoms with Crippen molar-refractivity contribution in [1.29, 1.82) is 0 Å². The van der Waals surface area contributed by atoms with Gasteiger partial charge in [0, 0.05) is 17.1 Å². The number of methoxy groups -OCH3 is 3. The fourth-order valence-electron chi connectivity index (χ4n) is 2.84. The van der Waals surface area contributed by atoms with Gasteiger partial charge in [-0.3, -0.25) is 0 Å². The lowest BCUT2D eigenvalue weighted by Gasteiger charge is -2.26. The third-order valence-electron chi connectivity index (χ3n) is 3.92. The summed E-state index contributed by atoms with van der Waals surface area (Å²) in [5, 5.41) is 8.85. The van der Waals surface area contributed by atoms with Crippen LogP contribution >= 0.6 is 0 Å². The lowest BCUT2D eigenvalue weighted by molar-refractivity contribution is -0.131. The summed E-state index contributed by atoms with van der Waals surface area (Å²) in [5.74, 6) is 0.744. The Hall–Kier alpha value is -2.43. The second kappa shape index (κ2) is 5.75. The average Bonchev–Trinajstić information content (AvgIpc) is 2.73.